The van der Waals surface area contributed by atoms with E-state index in [4.69, 9.17) is 16.1 Å². The number of amidine groups is 1. The van der Waals surface area contributed by atoms with Crippen molar-refractivity contribution >= 4 is 17.4 Å². The van der Waals surface area contributed by atoms with Gasteiger partial charge in [-0.3, -0.25) is 0 Å². The van der Waals surface area contributed by atoms with Crippen molar-refractivity contribution in [1.29, 1.82) is 0 Å². The average Bonchev–Trinajstić information content (AvgIpc) is 3.32. The molecular weight excluding hydrogens is 386 g/mol. The summed E-state index contributed by atoms with van der Waals surface area (Å²) in [6.07, 6.45) is 7.14. The third-order valence-corrected chi connectivity index (χ3v) is 5.41. The minimum absolute atomic E-state index is 0.363. The summed E-state index contributed by atoms with van der Waals surface area (Å²) in [5.74, 6) is 1.95. The molecule has 0 saturated carbocycles. The number of aromatic nitrogens is 1. The van der Waals surface area contributed by atoms with Crippen molar-refractivity contribution in [3.63, 3.8) is 0 Å². The first-order valence-electron chi connectivity index (χ1n) is 10.4. The van der Waals surface area contributed by atoms with Gasteiger partial charge in [-0.25, -0.2) is 4.99 Å². The predicted octanol–water partition coefficient (Wildman–Crippen LogP) is 3.94. The van der Waals surface area contributed by atoms with Crippen LogP contribution >= 0.6 is 11.6 Å². The summed E-state index contributed by atoms with van der Waals surface area (Å²) in [5.41, 5.74) is 2.90. The Morgan fingerprint density at radius 2 is 2.07 bits per heavy atom. The summed E-state index contributed by atoms with van der Waals surface area (Å²) < 4.78 is 5.54. The highest BCUT2D eigenvalue weighted by molar-refractivity contribution is 6.22. The first kappa shape index (κ1) is 19.8. The molecule has 0 bridgehead atoms. The minimum Gasteiger partial charge on any atom is -0.361 e. The first-order chi connectivity index (χ1) is 14.2. The van der Waals surface area contributed by atoms with Crippen LogP contribution in [0.4, 0.5) is 0 Å². The monoisotopic (exact) mass is 413 g/mol. The van der Waals surface area contributed by atoms with Crippen molar-refractivity contribution < 1.29 is 4.52 Å². The lowest BCUT2D eigenvalue weighted by Crippen LogP contribution is -2.45. The number of hydrogen-bond acceptors (Lipinski definition) is 6. The van der Waals surface area contributed by atoms with Crippen LogP contribution in [0.5, 0.6) is 0 Å². The highest BCUT2D eigenvalue weighted by atomic mass is 35.5. The number of nitrogens with zero attached hydrogens (tertiary/aromatic N) is 4. The molecule has 1 N–H and O–H groups in total. The molecule has 29 heavy (non-hydrogen) atoms. The highest BCUT2D eigenvalue weighted by Crippen LogP contribution is 2.21. The molecule has 1 aromatic carbocycles. The summed E-state index contributed by atoms with van der Waals surface area (Å²) in [4.78, 5) is 9.17. The number of alkyl halides is 1. The second-order valence-corrected chi connectivity index (χ2v) is 8.01. The number of fused-ring (bicyclic) bond motifs is 1. The van der Waals surface area contributed by atoms with Crippen LogP contribution in [-0.4, -0.2) is 46.2 Å². The van der Waals surface area contributed by atoms with Crippen LogP contribution in [0.1, 0.15) is 43.2 Å². The second kappa shape index (κ2) is 9.35. The molecule has 0 amide bonds. The molecule has 2 aliphatic heterocycles. The quantitative estimate of drug-likeness (QED) is 0.498. The maximum atomic E-state index is 6.17. The van der Waals surface area contributed by atoms with Crippen molar-refractivity contribution in [2.45, 2.75) is 44.7 Å². The van der Waals surface area contributed by atoms with E-state index in [1.54, 1.807) is 0 Å². The Hall–Kier alpha value is -2.47. The van der Waals surface area contributed by atoms with Crippen LogP contribution in [0.15, 0.2) is 57.8 Å². The Morgan fingerprint density at radius 3 is 2.90 bits per heavy atom. The zero-order valence-electron chi connectivity index (χ0n) is 16.9. The molecule has 154 valence electrons. The summed E-state index contributed by atoms with van der Waals surface area (Å²) in [6.45, 7) is 5.01. The molecule has 0 aliphatic carbocycles. The third kappa shape index (κ3) is 5.12. The maximum Gasteiger partial charge on any atom is 0.197 e. The molecule has 0 saturated heterocycles. The molecule has 4 rings (SSSR count). The lowest BCUT2D eigenvalue weighted by molar-refractivity contribution is 0.229. The van der Waals surface area contributed by atoms with Gasteiger partial charge in [-0.2, -0.15) is 0 Å². The molecule has 2 aliphatic rings. The van der Waals surface area contributed by atoms with E-state index in [0.29, 0.717) is 0 Å². The molecule has 7 heteroatoms. The van der Waals surface area contributed by atoms with E-state index in [2.05, 4.69) is 68.7 Å². The largest absolute Gasteiger partial charge is 0.361 e. The van der Waals surface area contributed by atoms with Crippen LogP contribution in [0.3, 0.4) is 0 Å². The first-order valence-corrected chi connectivity index (χ1v) is 10.8. The molecule has 3 heterocycles. The Morgan fingerprint density at radius 1 is 1.21 bits per heavy atom. The van der Waals surface area contributed by atoms with E-state index in [1.807, 2.05) is 6.07 Å². The van der Waals surface area contributed by atoms with Crippen LogP contribution in [0.25, 0.3) is 0 Å². The van der Waals surface area contributed by atoms with Gasteiger partial charge in [-0.1, -0.05) is 60.4 Å². The molecule has 6 nitrogen and oxygen atoms in total. The van der Waals surface area contributed by atoms with E-state index in [-0.39, 0.29) is 5.62 Å². The van der Waals surface area contributed by atoms with Crippen molar-refractivity contribution in [2.24, 2.45) is 4.99 Å². The minimum atomic E-state index is -0.363. The number of nitrogens with one attached hydrogen (secondary N) is 1. The fourth-order valence-corrected chi connectivity index (χ4v) is 3.95. The lowest BCUT2D eigenvalue weighted by Gasteiger charge is -2.35. The van der Waals surface area contributed by atoms with Gasteiger partial charge in [0.25, 0.3) is 0 Å². The second-order valence-electron chi connectivity index (χ2n) is 7.60. The molecular formula is C22H28ClN5O. The zero-order chi connectivity index (χ0) is 20.1. The highest BCUT2D eigenvalue weighted by Gasteiger charge is 2.29. The van der Waals surface area contributed by atoms with Gasteiger partial charge < -0.3 is 19.6 Å². The molecule has 1 aromatic heterocycles. The van der Waals surface area contributed by atoms with Gasteiger partial charge in [-0.15, -0.1) is 0 Å². The third-order valence-electron chi connectivity index (χ3n) is 5.20. The molecule has 0 spiro atoms. The Kier molecular flexibility index (Phi) is 6.39. The van der Waals surface area contributed by atoms with E-state index >= 15 is 0 Å². The number of hydrogen-bond donors (Lipinski definition) is 1. The van der Waals surface area contributed by atoms with Gasteiger partial charge in [0.15, 0.2) is 11.5 Å². The van der Waals surface area contributed by atoms with Crippen molar-refractivity contribution in [2.75, 3.05) is 19.8 Å². The fraction of sp³-hybridized carbons (Fsp3) is 0.455. The van der Waals surface area contributed by atoms with E-state index in [1.165, 1.54) is 5.56 Å². The smallest absolute Gasteiger partial charge is 0.197 e. The summed E-state index contributed by atoms with van der Waals surface area (Å²) in [6, 6.07) is 12.4. The maximum absolute atomic E-state index is 6.17. The normalized spacial score (nSPS) is 18.3. The molecule has 1 atom stereocenters. The fourth-order valence-electron chi connectivity index (χ4n) is 3.74. The number of benzene rings is 1. The molecule has 1 unspecified atom stereocenters. The van der Waals surface area contributed by atoms with Crippen molar-refractivity contribution in [3.8, 4) is 0 Å². The number of aryl methyl sites for hydroxylation is 1. The van der Waals surface area contributed by atoms with Crippen LogP contribution in [0, 0.1) is 0 Å². The molecule has 0 radical (unpaired) electrons. The van der Waals surface area contributed by atoms with Gasteiger partial charge in [0, 0.05) is 38.2 Å². The van der Waals surface area contributed by atoms with Gasteiger partial charge in [0.1, 0.15) is 5.76 Å². The Labute approximate surface area is 177 Å². The van der Waals surface area contributed by atoms with Crippen molar-refractivity contribution in [3.05, 3.63) is 65.3 Å². The van der Waals surface area contributed by atoms with Gasteiger partial charge in [-0.05, 0) is 18.4 Å². The summed E-state index contributed by atoms with van der Waals surface area (Å²) >= 11 is 6.17. The molecule has 0 fully saturated rings. The van der Waals surface area contributed by atoms with E-state index in [0.717, 1.165) is 74.8 Å². The summed E-state index contributed by atoms with van der Waals surface area (Å²) in [5, 5.41) is 7.46. The predicted molar refractivity (Wildman–Crippen MR) is 116 cm³/mol. The van der Waals surface area contributed by atoms with Crippen LogP contribution in [0.2, 0.25) is 0 Å². The topological polar surface area (TPSA) is 56.9 Å². The van der Waals surface area contributed by atoms with Crippen LogP contribution in [-0.2, 0) is 12.8 Å². The number of halogens is 1. The van der Waals surface area contributed by atoms with Crippen molar-refractivity contribution in [1.82, 2.24) is 20.3 Å². The van der Waals surface area contributed by atoms with Gasteiger partial charge in [0.2, 0.25) is 0 Å². The number of unbranched alkanes of at least 4 members (excludes halogenated alkanes) is 1. The van der Waals surface area contributed by atoms with Gasteiger partial charge in [0.05, 0.1) is 18.1 Å². The average molecular weight is 414 g/mol. The number of aliphatic imine (C=N–C) groups is 1. The van der Waals surface area contributed by atoms with E-state index in [9.17, 15) is 0 Å². The Bertz CT molecular complexity index is 863. The SMILES string of the molecule is CCCCN1CN(CCCc2cc(Cc3ccccc3)no2)C=C2NC(Cl)N=C21. The Balaban J connectivity index is 1.30. The standard InChI is InChI=1S/C22H28ClN5O/c1-2-3-12-28-16-27(15-20-21(28)25-22(23)24-20)11-7-10-19-14-18(26-29-19)13-17-8-5-4-6-9-17/h4-6,8-9,14-15,22,24H,2-3,7,10-13,16H2,1H3. The van der Waals surface area contributed by atoms with Crippen LogP contribution < -0.4 is 5.32 Å². The van der Waals surface area contributed by atoms with E-state index < -0.39 is 0 Å². The molecule has 2 aromatic rings. The zero-order valence-corrected chi connectivity index (χ0v) is 17.6. The lowest BCUT2D eigenvalue weighted by atomic mass is 10.1. The number of rotatable bonds is 9. The van der Waals surface area contributed by atoms with Gasteiger partial charge >= 0.3 is 0 Å². The summed E-state index contributed by atoms with van der Waals surface area (Å²) in [7, 11) is 0.